The maximum atomic E-state index is 13.1. The molecule has 0 unspecified atom stereocenters. The summed E-state index contributed by atoms with van der Waals surface area (Å²) >= 11 is 0. The molecule has 0 spiro atoms. The molecule has 0 bridgehead atoms. The molecule has 6 rings (SSSR count). The van der Waals surface area contributed by atoms with E-state index >= 15 is 0 Å². The van der Waals surface area contributed by atoms with Crippen molar-refractivity contribution in [2.45, 2.75) is 26.4 Å². The first-order valence-electron chi connectivity index (χ1n) is 11.7. The predicted molar refractivity (Wildman–Crippen MR) is 132 cm³/mol. The maximum absolute atomic E-state index is 13.1. The van der Waals surface area contributed by atoms with Gasteiger partial charge in [0.1, 0.15) is 11.2 Å². The van der Waals surface area contributed by atoms with Crippen molar-refractivity contribution in [1.82, 2.24) is 34.9 Å². The van der Waals surface area contributed by atoms with E-state index in [9.17, 15) is 9.59 Å². The van der Waals surface area contributed by atoms with Crippen molar-refractivity contribution in [3.8, 4) is 5.82 Å². The van der Waals surface area contributed by atoms with E-state index in [0.29, 0.717) is 48.3 Å². The Morgan fingerprint density at radius 1 is 1.06 bits per heavy atom. The average Bonchev–Trinajstić information content (AvgIpc) is 3.44. The Morgan fingerprint density at radius 3 is 2.77 bits per heavy atom. The van der Waals surface area contributed by atoms with E-state index in [1.807, 2.05) is 19.1 Å². The molecule has 178 valence electrons. The van der Waals surface area contributed by atoms with Gasteiger partial charge in [0.15, 0.2) is 11.5 Å². The fourth-order valence-electron chi connectivity index (χ4n) is 4.66. The zero-order chi connectivity index (χ0) is 23.9. The molecule has 1 aromatic carbocycles. The van der Waals surface area contributed by atoms with Gasteiger partial charge in [-0.25, -0.2) is 24.1 Å². The lowest BCUT2D eigenvalue weighted by Gasteiger charge is -2.18. The molecule has 11 heteroatoms. The van der Waals surface area contributed by atoms with Crippen LogP contribution in [-0.4, -0.2) is 50.0 Å². The van der Waals surface area contributed by atoms with Crippen LogP contribution in [-0.2, 0) is 19.5 Å². The normalized spacial score (nSPS) is 15.3. The van der Waals surface area contributed by atoms with Crippen molar-refractivity contribution >= 4 is 34.5 Å². The molecule has 11 nitrogen and oxygen atoms in total. The molecule has 0 aliphatic carbocycles. The highest BCUT2D eigenvalue weighted by atomic mass is 16.2. The molecule has 35 heavy (non-hydrogen) atoms. The largest absolute Gasteiger partial charge is 0.336 e. The Balaban J connectivity index is 1.42. The number of carbonyl (C=O) groups is 1. The zero-order valence-electron chi connectivity index (χ0n) is 19.3. The number of urea groups is 1. The van der Waals surface area contributed by atoms with Gasteiger partial charge in [0, 0.05) is 38.1 Å². The van der Waals surface area contributed by atoms with Crippen LogP contribution in [0.5, 0.6) is 0 Å². The lowest BCUT2D eigenvalue weighted by atomic mass is 10.0. The number of benzene rings is 1. The van der Waals surface area contributed by atoms with Crippen LogP contribution in [0.4, 0.5) is 22.2 Å². The summed E-state index contributed by atoms with van der Waals surface area (Å²) in [5.74, 6) is 1.41. The summed E-state index contributed by atoms with van der Waals surface area (Å²) < 4.78 is 3.27. The Hall–Kier alpha value is -4.25. The van der Waals surface area contributed by atoms with Crippen LogP contribution in [0.3, 0.4) is 0 Å². The number of hydrogen-bond donors (Lipinski definition) is 3. The summed E-state index contributed by atoms with van der Waals surface area (Å²) in [5, 5.41) is 9.85. The molecule has 2 aliphatic heterocycles. The third-order valence-electron chi connectivity index (χ3n) is 6.39. The lowest BCUT2D eigenvalue weighted by Crippen LogP contribution is -2.29. The zero-order valence-corrected chi connectivity index (χ0v) is 19.3. The summed E-state index contributed by atoms with van der Waals surface area (Å²) in [6, 6.07) is 11.5. The number of amides is 2. The van der Waals surface area contributed by atoms with Crippen LogP contribution in [0.2, 0.25) is 0 Å². The van der Waals surface area contributed by atoms with E-state index in [4.69, 9.17) is 9.97 Å². The van der Waals surface area contributed by atoms with E-state index in [-0.39, 0.29) is 11.6 Å². The van der Waals surface area contributed by atoms with Gasteiger partial charge in [0.05, 0.1) is 0 Å². The molecule has 1 saturated heterocycles. The van der Waals surface area contributed by atoms with Gasteiger partial charge in [-0.1, -0.05) is 12.1 Å². The molecule has 0 radical (unpaired) electrons. The number of rotatable bonds is 5. The monoisotopic (exact) mass is 471 g/mol. The van der Waals surface area contributed by atoms with E-state index in [1.165, 1.54) is 11.1 Å². The number of anilines is 3. The van der Waals surface area contributed by atoms with Gasteiger partial charge < -0.3 is 16.0 Å². The quantitative estimate of drug-likeness (QED) is 0.406. The molecule has 3 aromatic heterocycles. The highest BCUT2D eigenvalue weighted by Gasteiger charge is 2.24. The standard InChI is InChI=1S/C24H25N9O2/c1-2-32-22(34)18-14-27-23(28-17-7-6-16-13-25-9-8-15(16)12-17)30-21(18)33(32)20-5-3-4-19(29-20)31-11-10-26-24(31)35/h3-7,12,14,25H,2,8-11,13H2,1H3,(H,26,35)(H,27,28,30). The van der Waals surface area contributed by atoms with Gasteiger partial charge in [-0.3, -0.25) is 9.69 Å². The van der Waals surface area contributed by atoms with E-state index in [0.717, 1.165) is 25.2 Å². The van der Waals surface area contributed by atoms with Crippen molar-refractivity contribution in [3.05, 3.63) is 64.1 Å². The molecule has 4 aromatic rings. The second-order valence-electron chi connectivity index (χ2n) is 8.54. The molecular weight excluding hydrogens is 446 g/mol. The SMILES string of the molecule is CCn1c(=O)c2cnc(Nc3ccc4c(c3)CCNC4)nc2n1-c1cccc(N2CCNC2=O)n1. The lowest BCUT2D eigenvalue weighted by molar-refractivity contribution is 0.252. The minimum Gasteiger partial charge on any atom is -0.336 e. The van der Waals surface area contributed by atoms with E-state index < -0.39 is 0 Å². The number of carbonyl (C=O) groups excluding carboxylic acids is 1. The van der Waals surface area contributed by atoms with Crippen LogP contribution in [0, 0.1) is 0 Å². The van der Waals surface area contributed by atoms with Gasteiger partial charge >= 0.3 is 6.03 Å². The molecule has 1 fully saturated rings. The molecule has 0 saturated carbocycles. The summed E-state index contributed by atoms with van der Waals surface area (Å²) in [6.45, 7) is 5.25. The van der Waals surface area contributed by atoms with Crippen LogP contribution in [0.1, 0.15) is 18.1 Å². The maximum Gasteiger partial charge on any atom is 0.323 e. The summed E-state index contributed by atoms with van der Waals surface area (Å²) in [7, 11) is 0. The van der Waals surface area contributed by atoms with Crippen molar-refractivity contribution in [2.24, 2.45) is 0 Å². The Bertz CT molecular complexity index is 1510. The molecule has 3 N–H and O–H groups in total. The van der Waals surface area contributed by atoms with Gasteiger partial charge in [-0.2, -0.15) is 4.98 Å². The Labute approximate surface area is 200 Å². The van der Waals surface area contributed by atoms with Crippen LogP contribution >= 0.6 is 0 Å². The average molecular weight is 472 g/mol. The summed E-state index contributed by atoms with van der Waals surface area (Å²) in [5.41, 5.74) is 3.75. The number of nitrogens with one attached hydrogen (secondary N) is 3. The topological polar surface area (TPSA) is 122 Å². The van der Waals surface area contributed by atoms with E-state index in [1.54, 1.807) is 32.6 Å². The number of hydrogen-bond acceptors (Lipinski definition) is 7. The minimum atomic E-state index is -0.193. The summed E-state index contributed by atoms with van der Waals surface area (Å²) in [6.07, 6.45) is 2.52. The first-order valence-corrected chi connectivity index (χ1v) is 11.7. The summed E-state index contributed by atoms with van der Waals surface area (Å²) in [4.78, 5) is 40.6. The molecule has 0 atom stereocenters. The van der Waals surface area contributed by atoms with Gasteiger partial charge in [-0.05, 0) is 55.3 Å². The smallest absolute Gasteiger partial charge is 0.323 e. The van der Waals surface area contributed by atoms with Crippen LogP contribution in [0.25, 0.3) is 16.9 Å². The molecule has 5 heterocycles. The predicted octanol–water partition coefficient (Wildman–Crippen LogP) is 1.92. The molecule has 2 amide bonds. The second-order valence-corrected chi connectivity index (χ2v) is 8.54. The Morgan fingerprint density at radius 2 is 1.94 bits per heavy atom. The fourth-order valence-corrected chi connectivity index (χ4v) is 4.66. The fraction of sp³-hybridized carbons (Fsp3) is 0.292. The van der Waals surface area contributed by atoms with E-state index in [2.05, 4.69) is 33.1 Å². The number of fused-ring (bicyclic) bond motifs is 2. The highest BCUT2D eigenvalue weighted by Crippen LogP contribution is 2.23. The van der Waals surface area contributed by atoms with Crippen molar-refractivity contribution in [2.75, 3.05) is 29.9 Å². The first-order chi connectivity index (χ1) is 17.1. The number of aromatic nitrogens is 5. The highest BCUT2D eigenvalue weighted by molar-refractivity contribution is 5.93. The van der Waals surface area contributed by atoms with Gasteiger partial charge in [0.2, 0.25) is 5.95 Å². The van der Waals surface area contributed by atoms with Crippen molar-refractivity contribution < 1.29 is 4.79 Å². The molecule has 2 aliphatic rings. The van der Waals surface area contributed by atoms with Crippen molar-refractivity contribution in [1.29, 1.82) is 0 Å². The number of nitrogens with zero attached hydrogens (tertiary/aromatic N) is 6. The Kier molecular flexibility index (Phi) is 5.18. The van der Waals surface area contributed by atoms with Gasteiger partial charge in [0.25, 0.3) is 5.56 Å². The minimum absolute atomic E-state index is 0.186. The number of pyridine rings is 1. The van der Waals surface area contributed by atoms with Gasteiger partial charge in [-0.15, -0.1) is 0 Å². The third-order valence-corrected chi connectivity index (χ3v) is 6.39. The molecular formula is C24H25N9O2. The first kappa shape index (κ1) is 21.3. The third kappa shape index (κ3) is 3.69. The second kappa shape index (κ2) is 8.51. The van der Waals surface area contributed by atoms with Crippen LogP contribution < -0.4 is 26.4 Å². The van der Waals surface area contributed by atoms with Crippen molar-refractivity contribution in [3.63, 3.8) is 0 Å². The van der Waals surface area contributed by atoms with Crippen LogP contribution in [0.15, 0.2) is 47.4 Å².